The average Bonchev–Trinajstić information content (AvgIpc) is 3.40. The lowest BCUT2D eigenvalue weighted by atomic mass is 10.1. The third-order valence-corrected chi connectivity index (χ3v) is 6.22. The number of fused-ring (bicyclic) bond motifs is 2. The molecule has 0 fully saturated rings. The second kappa shape index (κ2) is 7.30. The molecule has 4 N–H and O–H groups in total. The lowest BCUT2D eigenvalue weighted by Crippen LogP contribution is -1.85. The Morgan fingerprint density at radius 1 is 0.967 bits per heavy atom. The summed E-state index contributed by atoms with van der Waals surface area (Å²) in [5.74, 6) is 0.651. The minimum absolute atomic E-state index is 0.0616. The zero-order chi connectivity index (χ0) is 20.8. The molecule has 0 bridgehead atoms. The van der Waals surface area contributed by atoms with Crippen LogP contribution in [0.1, 0.15) is 5.56 Å². The normalized spacial score (nSPS) is 11.8. The van der Waals surface area contributed by atoms with Gasteiger partial charge in [-0.1, -0.05) is 12.1 Å². The van der Waals surface area contributed by atoms with Gasteiger partial charge in [-0.05, 0) is 68.3 Å². The van der Waals surface area contributed by atoms with E-state index in [2.05, 4.69) is 46.8 Å². The summed E-state index contributed by atoms with van der Waals surface area (Å²) in [6.45, 7) is 0. The smallest absolute Gasteiger partial charge is 0.147 e. The van der Waals surface area contributed by atoms with Crippen molar-refractivity contribution in [3.63, 3.8) is 0 Å². The highest BCUT2D eigenvalue weighted by Crippen LogP contribution is 2.40. The van der Waals surface area contributed by atoms with Crippen LogP contribution in [0.3, 0.4) is 0 Å². The quantitative estimate of drug-likeness (QED) is 0.205. The number of phenols is 2. The van der Waals surface area contributed by atoms with Crippen molar-refractivity contribution in [1.29, 1.82) is 0 Å². The van der Waals surface area contributed by atoms with E-state index in [0.29, 0.717) is 15.7 Å². The van der Waals surface area contributed by atoms with Crippen LogP contribution in [0.4, 0.5) is 5.69 Å². The number of imidazole rings is 1. The van der Waals surface area contributed by atoms with Crippen LogP contribution in [0.15, 0.2) is 68.7 Å². The van der Waals surface area contributed by atoms with Gasteiger partial charge in [0.2, 0.25) is 0 Å². The summed E-state index contributed by atoms with van der Waals surface area (Å²) in [6.07, 6.45) is 3.46. The minimum atomic E-state index is -0.0797. The highest BCUT2D eigenvalue weighted by atomic mass is 79.9. The van der Waals surface area contributed by atoms with E-state index in [1.54, 1.807) is 12.3 Å². The van der Waals surface area contributed by atoms with Crippen LogP contribution in [0, 0.1) is 0 Å². The van der Waals surface area contributed by atoms with Gasteiger partial charge in [0.25, 0.3) is 0 Å². The average molecular weight is 526 g/mol. The Balaban J connectivity index is 1.52. The highest BCUT2D eigenvalue weighted by Gasteiger charge is 2.13. The molecular weight excluding hydrogens is 512 g/mol. The Morgan fingerprint density at radius 2 is 1.83 bits per heavy atom. The van der Waals surface area contributed by atoms with Gasteiger partial charge in [-0.15, -0.1) is 0 Å². The largest absolute Gasteiger partial charge is 0.506 e. The number of benzene rings is 3. The summed E-state index contributed by atoms with van der Waals surface area (Å²) in [5, 5.41) is 21.2. The first-order valence-corrected chi connectivity index (χ1v) is 10.6. The predicted octanol–water partition coefficient (Wildman–Crippen LogP) is 6.40. The number of nitrogens with one attached hydrogen (secondary N) is 2. The third-order valence-electron chi connectivity index (χ3n) is 4.87. The number of aromatic nitrogens is 3. The summed E-state index contributed by atoms with van der Waals surface area (Å²) in [7, 11) is 0. The second-order valence-corrected chi connectivity index (χ2v) is 8.40. The summed E-state index contributed by atoms with van der Waals surface area (Å²) in [4.78, 5) is 15.8. The number of phenolic OH excluding ortho intramolecular Hbond substituents is 2. The molecule has 148 valence electrons. The summed E-state index contributed by atoms with van der Waals surface area (Å²) < 4.78 is 0.673. The molecule has 0 saturated heterocycles. The minimum Gasteiger partial charge on any atom is -0.506 e. The van der Waals surface area contributed by atoms with E-state index in [1.165, 1.54) is 0 Å². The van der Waals surface area contributed by atoms with Gasteiger partial charge in [0.1, 0.15) is 21.8 Å². The molecule has 0 radical (unpaired) electrons. The van der Waals surface area contributed by atoms with E-state index in [0.717, 1.165) is 33.3 Å². The lowest BCUT2D eigenvalue weighted by molar-refractivity contribution is 0.442. The third kappa shape index (κ3) is 3.18. The van der Waals surface area contributed by atoms with Crippen molar-refractivity contribution in [3.8, 4) is 22.9 Å². The highest BCUT2D eigenvalue weighted by molar-refractivity contribution is 9.11. The Bertz CT molecular complexity index is 1450. The van der Waals surface area contributed by atoms with Gasteiger partial charge in [-0.2, -0.15) is 0 Å². The fraction of sp³-hybridized carbons (Fsp3) is 0. The van der Waals surface area contributed by atoms with E-state index in [4.69, 9.17) is 4.98 Å². The second-order valence-electron chi connectivity index (χ2n) is 6.75. The van der Waals surface area contributed by atoms with E-state index >= 15 is 0 Å². The maximum Gasteiger partial charge on any atom is 0.147 e. The molecule has 6 nitrogen and oxygen atoms in total. The topological polar surface area (TPSA) is 97.3 Å². The molecule has 0 amide bonds. The molecule has 0 aliphatic carbocycles. The molecule has 8 heteroatoms. The van der Waals surface area contributed by atoms with E-state index in [9.17, 15) is 10.2 Å². The van der Waals surface area contributed by atoms with Crippen molar-refractivity contribution in [2.45, 2.75) is 0 Å². The number of hydrogen-bond donors (Lipinski definition) is 4. The number of hydrogen-bond acceptors (Lipinski definition) is 4. The van der Waals surface area contributed by atoms with Crippen molar-refractivity contribution in [2.24, 2.45) is 4.99 Å². The van der Waals surface area contributed by atoms with Crippen LogP contribution < -0.4 is 0 Å². The Morgan fingerprint density at radius 3 is 2.70 bits per heavy atom. The molecule has 2 aromatic heterocycles. The van der Waals surface area contributed by atoms with Crippen LogP contribution >= 0.6 is 31.9 Å². The molecule has 0 aliphatic rings. The Kier molecular flexibility index (Phi) is 4.60. The number of nitrogens with zero attached hydrogens (tertiary/aromatic N) is 2. The zero-order valence-electron chi connectivity index (χ0n) is 15.3. The molecule has 3 aromatic carbocycles. The number of aromatic amines is 2. The van der Waals surface area contributed by atoms with Crippen molar-refractivity contribution in [1.82, 2.24) is 15.0 Å². The first kappa shape index (κ1) is 18.9. The fourth-order valence-corrected chi connectivity index (χ4v) is 4.51. The number of aliphatic imine (C=N–C) groups is 1. The molecule has 30 heavy (non-hydrogen) atoms. The molecule has 2 heterocycles. The van der Waals surface area contributed by atoms with Crippen LogP contribution in [0.25, 0.3) is 33.3 Å². The Labute approximate surface area is 187 Å². The van der Waals surface area contributed by atoms with Crippen LogP contribution in [-0.2, 0) is 0 Å². The maximum atomic E-state index is 10.2. The molecule has 0 aliphatic heterocycles. The van der Waals surface area contributed by atoms with Crippen molar-refractivity contribution >= 4 is 65.7 Å². The molecule has 5 aromatic rings. The summed E-state index contributed by atoms with van der Waals surface area (Å²) in [6, 6.07) is 15.4. The van der Waals surface area contributed by atoms with Crippen LogP contribution in [-0.4, -0.2) is 31.4 Å². The Hall–Kier alpha value is -3.10. The monoisotopic (exact) mass is 524 g/mol. The number of aromatic hydroxyl groups is 2. The van der Waals surface area contributed by atoms with Gasteiger partial charge in [-0.3, -0.25) is 4.99 Å². The van der Waals surface area contributed by atoms with Gasteiger partial charge in [0.05, 0.1) is 21.2 Å². The van der Waals surface area contributed by atoms with E-state index in [1.807, 2.05) is 48.7 Å². The SMILES string of the molecule is Oc1c(Br)cc(C=Nc2ccc3nc(-c4cccc5[nH]ccc45)[nH]c3c2)c(O)c1Br. The van der Waals surface area contributed by atoms with Crippen LogP contribution in [0.2, 0.25) is 0 Å². The molecule has 0 unspecified atom stereocenters. The molecular formula is C22H14Br2N4O2. The molecule has 0 atom stereocenters. The van der Waals surface area contributed by atoms with Gasteiger partial charge in [0.15, 0.2) is 0 Å². The van der Waals surface area contributed by atoms with Gasteiger partial charge >= 0.3 is 0 Å². The summed E-state index contributed by atoms with van der Waals surface area (Å²) >= 11 is 6.43. The van der Waals surface area contributed by atoms with E-state index in [-0.39, 0.29) is 16.0 Å². The van der Waals surface area contributed by atoms with Gasteiger partial charge in [0, 0.05) is 34.4 Å². The lowest BCUT2D eigenvalue weighted by Gasteiger charge is -2.06. The number of H-pyrrole nitrogens is 2. The fourth-order valence-electron chi connectivity index (χ4n) is 3.36. The van der Waals surface area contributed by atoms with Gasteiger partial charge in [-0.25, -0.2) is 4.98 Å². The maximum absolute atomic E-state index is 10.2. The first-order chi connectivity index (χ1) is 14.5. The number of halogens is 2. The van der Waals surface area contributed by atoms with Crippen LogP contribution in [0.5, 0.6) is 11.5 Å². The standard InChI is InChI=1S/C22H14Br2N4O2/c23-15-8-11(20(29)19(24)21(15)30)10-26-12-4-5-17-18(9-12)28-22(27-17)14-2-1-3-16-13(14)6-7-25-16/h1-10,25,29-30H,(H,27,28). The van der Waals surface area contributed by atoms with Gasteiger partial charge < -0.3 is 20.2 Å². The molecule has 5 rings (SSSR count). The molecule has 0 saturated carbocycles. The predicted molar refractivity (Wildman–Crippen MR) is 126 cm³/mol. The zero-order valence-corrected chi connectivity index (χ0v) is 18.5. The first-order valence-electron chi connectivity index (χ1n) is 9.01. The van der Waals surface area contributed by atoms with Crippen molar-refractivity contribution in [2.75, 3.05) is 0 Å². The molecule has 0 spiro atoms. The van der Waals surface area contributed by atoms with Crippen molar-refractivity contribution < 1.29 is 10.2 Å². The van der Waals surface area contributed by atoms with Crippen molar-refractivity contribution in [3.05, 3.63) is 69.2 Å². The summed E-state index contributed by atoms with van der Waals surface area (Å²) in [5.41, 5.74) is 4.97. The number of rotatable bonds is 3. The van der Waals surface area contributed by atoms with E-state index < -0.39 is 0 Å².